The van der Waals surface area contributed by atoms with Crippen molar-refractivity contribution in [2.24, 2.45) is 5.41 Å². The van der Waals surface area contributed by atoms with Crippen LogP contribution in [0.4, 0.5) is 0 Å². The molecule has 0 aliphatic carbocycles. The highest BCUT2D eigenvalue weighted by Crippen LogP contribution is 2.41. The number of hydrogen-bond acceptors (Lipinski definition) is 4. The van der Waals surface area contributed by atoms with E-state index >= 15 is 0 Å². The van der Waals surface area contributed by atoms with Gasteiger partial charge in [0.2, 0.25) is 5.91 Å². The van der Waals surface area contributed by atoms with E-state index in [2.05, 4.69) is 0 Å². The molecule has 1 spiro atoms. The zero-order chi connectivity index (χ0) is 18.1. The van der Waals surface area contributed by atoms with Crippen LogP contribution in [0.1, 0.15) is 28.8 Å². The fourth-order valence-corrected chi connectivity index (χ4v) is 4.03. The van der Waals surface area contributed by atoms with E-state index in [1.54, 1.807) is 18.1 Å². The highest BCUT2D eigenvalue weighted by atomic mass is 16.5. The quantitative estimate of drug-likeness (QED) is 0.846. The minimum Gasteiger partial charge on any atom is -0.497 e. The van der Waals surface area contributed by atoms with Crippen molar-refractivity contribution < 1.29 is 18.7 Å². The van der Waals surface area contributed by atoms with Crippen LogP contribution in [0.3, 0.4) is 0 Å². The first kappa shape index (κ1) is 16.7. The van der Waals surface area contributed by atoms with Gasteiger partial charge in [-0.1, -0.05) is 12.1 Å². The van der Waals surface area contributed by atoms with Crippen LogP contribution in [0.25, 0.3) is 0 Å². The summed E-state index contributed by atoms with van der Waals surface area (Å²) in [6.07, 6.45) is 4.48. The lowest BCUT2D eigenvalue weighted by Gasteiger charge is -2.23. The van der Waals surface area contributed by atoms with Gasteiger partial charge in [-0.3, -0.25) is 9.59 Å². The van der Waals surface area contributed by atoms with Gasteiger partial charge < -0.3 is 19.0 Å². The van der Waals surface area contributed by atoms with Crippen LogP contribution >= 0.6 is 0 Å². The SMILES string of the molecule is COc1cccc(CN2CC[C@@]3(CCN(C(=O)c4ccoc4)C3)C2=O)c1. The van der Waals surface area contributed by atoms with Crippen LogP contribution in [-0.2, 0) is 11.3 Å². The molecule has 4 rings (SSSR count). The second kappa shape index (κ2) is 6.52. The lowest BCUT2D eigenvalue weighted by Crippen LogP contribution is -2.38. The van der Waals surface area contributed by atoms with Gasteiger partial charge in [0, 0.05) is 26.2 Å². The van der Waals surface area contributed by atoms with Gasteiger partial charge in [-0.2, -0.15) is 0 Å². The molecule has 2 aliphatic heterocycles. The summed E-state index contributed by atoms with van der Waals surface area (Å²) in [6.45, 7) is 2.41. The Morgan fingerprint density at radius 3 is 2.88 bits per heavy atom. The number of likely N-dealkylation sites (tertiary alicyclic amines) is 2. The monoisotopic (exact) mass is 354 g/mol. The van der Waals surface area contributed by atoms with E-state index < -0.39 is 5.41 Å². The lowest BCUT2D eigenvalue weighted by atomic mass is 9.85. The van der Waals surface area contributed by atoms with Crippen LogP contribution < -0.4 is 4.74 Å². The Hall–Kier alpha value is -2.76. The molecule has 2 fully saturated rings. The van der Waals surface area contributed by atoms with Gasteiger partial charge in [0.1, 0.15) is 12.0 Å². The average Bonchev–Trinajstić information content (AvgIpc) is 3.40. The third-order valence-corrected chi connectivity index (χ3v) is 5.52. The first-order valence-electron chi connectivity index (χ1n) is 8.85. The summed E-state index contributed by atoms with van der Waals surface area (Å²) >= 11 is 0. The predicted molar refractivity (Wildman–Crippen MR) is 94.7 cm³/mol. The van der Waals surface area contributed by atoms with E-state index in [0.717, 1.165) is 30.7 Å². The topological polar surface area (TPSA) is 63.0 Å². The molecule has 0 saturated carbocycles. The second-order valence-electron chi connectivity index (χ2n) is 7.10. The van der Waals surface area contributed by atoms with Crippen LogP contribution in [-0.4, -0.2) is 48.4 Å². The minimum absolute atomic E-state index is 0.0605. The Morgan fingerprint density at radius 1 is 1.27 bits per heavy atom. The van der Waals surface area contributed by atoms with Crippen molar-refractivity contribution in [3.8, 4) is 5.75 Å². The zero-order valence-corrected chi connectivity index (χ0v) is 14.8. The van der Waals surface area contributed by atoms with Gasteiger partial charge in [-0.05, 0) is 36.6 Å². The minimum atomic E-state index is -0.432. The molecule has 1 aromatic heterocycles. The third kappa shape index (κ3) is 2.85. The van der Waals surface area contributed by atoms with Gasteiger partial charge in [0.25, 0.3) is 5.91 Å². The normalized spacial score (nSPS) is 22.4. The van der Waals surface area contributed by atoms with Crippen molar-refractivity contribution in [1.82, 2.24) is 9.80 Å². The summed E-state index contributed by atoms with van der Waals surface area (Å²) in [5, 5.41) is 0. The third-order valence-electron chi connectivity index (χ3n) is 5.52. The zero-order valence-electron chi connectivity index (χ0n) is 14.8. The van der Waals surface area contributed by atoms with Crippen LogP contribution in [0, 0.1) is 5.41 Å². The average molecular weight is 354 g/mol. The molecule has 0 radical (unpaired) electrons. The Bertz CT molecular complexity index is 817. The van der Waals surface area contributed by atoms with Crippen molar-refractivity contribution in [1.29, 1.82) is 0 Å². The molecule has 3 heterocycles. The number of benzene rings is 1. The Kier molecular flexibility index (Phi) is 4.18. The fourth-order valence-electron chi connectivity index (χ4n) is 4.03. The van der Waals surface area contributed by atoms with Crippen molar-refractivity contribution in [3.05, 3.63) is 54.0 Å². The number of rotatable bonds is 4. The van der Waals surface area contributed by atoms with E-state index in [9.17, 15) is 9.59 Å². The van der Waals surface area contributed by atoms with Gasteiger partial charge in [0.05, 0.1) is 24.4 Å². The largest absolute Gasteiger partial charge is 0.497 e. The fraction of sp³-hybridized carbons (Fsp3) is 0.400. The molecule has 6 nitrogen and oxygen atoms in total. The number of methoxy groups -OCH3 is 1. The van der Waals surface area contributed by atoms with Crippen molar-refractivity contribution in [2.45, 2.75) is 19.4 Å². The van der Waals surface area contributed by atoms with E-state index in [0.29, 0.717) is 25.2 Å². The van der Waals surface area contributed by atoms with Gasteiger partial charge >= 0.3 is 0 Å². The summed E-state index contributed by atoms with van der Waals surface area (Å²) in [5.74, 6) is 0.888. The number of furan rings is 1. The molecular formula is C20H22N2O4. The Morgan fingerprint density at radius 2 is 2.12 bits per heavy atom. The summed E-state index contributed by atoms with van der Waals surface area (Å²) < 4.78 is 10.3. The highest BCUT2D eigenvalue weighted by molar-refractivity contribution is 5.95. The van der Waals surface area contributed by atoms with Gasteiger partial charge in [0.15, 0.2) is 0 Å². The van der Waals surface area contributed by atoms with Gasteiger partial charge in [-0.25, -0.2) is 0 Å². The lowest BCUT2D eigenvalue weighted by molar-refractivity contribution is -0.135. The van der Waals surface area contributed by atoms with E-state index in [1.165, 1.54) is 12.5 Å². The number of ether oxygens (including phenoxy) is 1. The maximum atomic E-state index is 13.1. The second-order valence-corrected chi connectivity index (χ2v) is 7.10. The van der Waals surface area contributed by atoms with Crippen LogP contribution in [0.15, 0.2) is 47.3 Å². The van der Waals surface area contributed by atoms with Crippen LogP contribution in [0.5, 0.6) is 5.75 Å². The Balaban J connectivity index is 1.44. The molecule has 26 heavy (non-hydrogen) atoms. The highest BCUT2D eigenvalue weighted by Gasteiger charge is 2.51. The number of carbonyl (C=O) groups excluding carboxylic acids is 2. The molecule has 6 heteroatoms. The maximum absolute atomic E-state index is 13.1. The number of amides is 2. The van der Waals surface area contributed by atoms with Crippen LogP contribution in [0.2, 0.25) is 0 Å². The predicted octanol–water partition coefficient (Wildman–Crippen LogP) is 2.55. The maximum Gasteiger partial charge on any atom is 0.257 e. The molecule has 0 unspecified atom stereocenters. The van der Waals surface area contributed by atoms with Crippen molar-refractivity contribution >= 4 is 11.8 Å². The molecule has 2 saturated heterocycles. The molecule has 2 amide bonds. The molecule has 1 aromatic carbocycles. The molecule has 2 aromatic rings. The number of nitrogens with zero attached hydrogens (tertiary/aromatic N) is 2. The molecule has 1 atom stereocenters. The molecular weight excluding hydrogens is 332 g/mol. The summed E-state index contributed by atoms with van der Waals surface area (Å²) in [4.78, 5) is 29.3. The molecule has 0 N–H and O–H groups in total. The summed E-state index contributed by atoms with van der Waals surface area (Å²) in [6, 6.07) is 9.46. The van der Waals surface area contributed by atoms with Gasteiger partial charge in [-0.15, -0.1) is 0 Å². The van der Waals surface area contributed by atoms with Crippen molar-refractivity contribution in [3.63, 3.8) is 0 Å². The number of hydrogen-bond donors (Lipinski definition) is 0. The first-order valence-corrected chi connectivity index (χ1v) is 8.85. The van der Waals surface area contributed by atoms with E-state index in [4.69, 9.17) is 9.15 Å². The van der Waals surface area contributed by atoms with E-state index in [1.807, 2.05) is 29.2 Å². The van der Waals surface area contributed by atoms with Crippen molar-refractivity contribution in [2.75, 3.05) is 26.7 Å². The molecule has 136 valence electrons. The summed E-state index contributed by atoms with van der Waals surface area (Å²) in [7, 11) is 1.64. The molecule has 2 aliphatic rings. The number of carbonyl (C=O) groups is 2. The van der Waals surface area contributed by atoms with E-state index in [-0.39, 0.29) is 11.8 Å². The smallest absolute Gasteiger partial charge is 0.257 e. The first-order chi connectivity index (χ1) is 12.6. The standard InChI is InChI=1S/C20H22N2O4/c1-25-17-4-2-3-15(11-17)12-21-8-6-20(19(21)24)7-9-22(14-20)18(23)16-5-10-26-13-16/h2-5,10-11,13H,6-9,12,14H2,1H3/t20-/m0/s1. The summed E-state index contributed by atoms with van der Waals surface area (Å²) in [5.41, 5.74) is 1.16. The molecule has 0 bridgehead atoms. The Labute approximate surface area is 152 Å².